The third kappa shape index (κ3) is 25.9. The van der Waals surface area contributed by atoms with Gasteiger partial charge < -0.3 is 20.4 Å². The van der Waals surface area contributed by atoms with E-state index >= 15 is 0 Å². The molecule has 0 radical (unpaired) electrons. The summed E-state index contributed by atoms with van der Waals surface area (Å²) in [6.45, 7) is 16.6. The van der Waals surface area contributed by atoms with Crippen LogP contribution in [0.25, 0.3) is 0 Å². The minimum atomic E-state index is -0.0946. The summed E-state index contributed by atoms with van der Waals surface area (Å²) in [7, 11) is 0. The Bertz CT molecular complexity index is 822. The van der Waals surface area contributed by atoms with E-state index in [1.165, 1.54) is 154 Å². The first kappa shape index (κ1) is 46.1. The molecule has 0 unspecified atom stereocenters. The summed E-state index contributed by atoms with van der Waals surface area (Å²) in [6, 6.07) is 7.22. The first-order chi connectivity index (χ1) is 24.5. The number of rotatable bonds is 36. The van der Waals surface area contributed by atoms with Gasteiger partial charge in [-0.3, -0.25) is 9.59 Å². The van der Waals surface area contributed by atoms with Crippen molar-refractivity contribution in [2.24, 2.45) is 0 Å². The summed E-state index contributed by atoms with van der Waals surface area (Å²) < 4.78 is 0. The molecule has 2 amide bonds. The Morgan fingerprint density at radius 1 is 0.420 bits per heavy atom. The van der Waals surface area contributed by atoms with Gasteiger partial charge in [-0.2, -0.15) is 0 Å². The summed E-state index contributed by atoms with van der Waals surface area (Å²) in [4.78, 5) is 31.3. The second-order valence-electron chi connectivity index (χ2n) is 14.8. The Kier molecular flexibility index (Phi) is 31.5. The Labute approximate surface area is 310 Å². The van der Waals surface area contributed by atoms with Gasteiger partial charge in [0.05, 0.1) is 0 Å². The van der Waals surface area contributed by atoms with E-state index in [4.69, 9.17) is 0 Å². The molecule has 0 fully saturated rings. The molecule has 50 heavy (non-hydrogen) atoms. The summed E-state index contributed by atoms with van der Waals surface area (Å²) in [5, 5.41) is 6.28. The van der Waals surface area contributed by atoms with Crippen LogP contribution >= 0.6 is 0 Å². The van der Waals surface area contributed by atoms with Gasteiger partial charge >= 0.3 is 0 Å². The molecule has 0 saturated heterocycles. The van der Waals surface area contributed by atoms with Crippen molar-refractivity contribution >= 4 is 11.8 Å². The van der Waals surface area contributed by atoms with Crippen LogP contribution in [0.15, 0.2) is 24.3 Å². The highest BCUT2D eigenvalue weighted by Gasteiger charge is 2.13. The van der Waals surface area contributed by atoms with Crippen LogP contribution in [0.2, 0.25) is 0 Å². The van der Waals surface area contributed by atoms with Gasteiger partial charge in [-0.25, -0.2) is 0 Å². The van der Waals surface area contributed by atoms with Crippen LogP contribution in [0.4, 0.5) is 0 Å². The fourth-order valence-electron chi connectivity index (χ4n) is 6.79. The first-order valence-electron chi connectivity index (χ1n) is 21.7. The number of hydrogen-bond donors (Lipinski definition) is 2. The molecule has 2 N–H and O–H groups in total. The van der Waals surface area contributed by atoms with E-state index in [0.717, 1.165) is 39.3 Å². The third-order valence-electron chi connectivity index (χ3n) is 10.1. The van der Waals surface area contributed by atoms with Gasteiger partial charge in [0.2, 0.25) is 0 Å². The Morgan fingerprint density at radius 3 is 1.00 bits per heavy atom. The average molecular weight is 699 g/mol. The van der Waals surface area contributed by atoms with Crippen LogP contribution in [-0.2, 0) is 0 Å². The molecule has 0 aromatic heterocycles. The molecule has 6 heteroatoms. The van der Waals surface area contributed by atoms with Gasteiger partial charge in [-0.1, -0.05) is 162 Å². The van der Waals surface area contributed by atoms with Crippen molar-refractivity contribution in [1.29, 1.82) is 0 Å². The van der Waals surface area contributed by atoms with Crippen LogP contribution in [0, 0.1) is 0 Å². The maximum Gasteiger partial charge on any atom is 0.251 e. The number of nitrogens with zero attached hydrogens (tertiary/aromatic N) is 2. The quantitative estimate of drug-likeness (QED) is 0.0685. The van der Waals surface area contributed by atoms with E-state index in [1.54, 1.807) is 6.07 Å². The highest BCUT2D eigenvalue weighted by molar-refractivity contribution is 5.99. The van der Waals surface area contributed by atoms with Gasteiger partial charge in [0.25, 0.3) is 11.8 Å². The van der Waals surface area contributed by atoms with Gasteiger partial charge in [-0.05, 0) is 70.1 Å². The lowest BCUT2D eigenvalue weighted by atomic mass is 10.1. The van der Waals surface area contributed by atoms with Crippen LogP contribution in [0.5, 0.6) is 0 Å². The van der Waals surface area contributed by atoms with E-state index in [0.29, 0.717) is 24.2 Å². The van der Waals surface area contributed by atoms with E-state index in [1.807, 2.05) is 18.2 Å². The fraction of sp³-hybridized carbons (Fsp3) is 0.818. The van der Waals surface area contributed by atoms with Crippen molar-refractivity contribution < 1.29 is 9.59 Å². The number of benzene rings is 1. The number of amides is 2. The summed E-state index contributed by atoms with van der Waals surface area (Å²) >= 11 is 0. The Hall–Kier alpha value is -1.92. The van der Waals surface area contributed by atoms with Crippen LogP contribution in [0.3, 0.4) is 0 Å². The second kappa shape index (κ2) is 34.2. The zero-order valence-electron chi connectivity index (χ0n) is 33.6. The monoisotopic (exact) mass is 699 g/mol. The SMILES string of the molecule is CCCCCCCCN(CCCCCCCC)CCNC(=O)c1cccc(C(=O)NCCN(CCCCCCCC)CCCCCCCC)c1. The maximum absolute atomic E-state index is 13.1. The zero-order chi connectivity index (χ0) is 36.3. The summed E-state index contributed by atoms with van der Waals surface area (Å²) in [5.41, 5.74) is 1.12. The van der Waals surface area contributed by atoms with E-state index in [9.17, 15) is 9.59 Å². The van der Waals surface area contributed by atoms with E-state index in [2.05, 4.69) is 48.1 Å². The minimum Gasteiger partial charge on any atom is -0.351 e. The topological polar surface area (TPSA) is 64.7 Å². The van der Waals surface area contributed by atoms with Crippen LogP contribution in [0.1, 0.15) is 203 Å². The number of carbonyl (C=O) groups excluding carboxylic acids is 2. The van der Waals surface area contributed by atoms with E-state index < -0.39 is 0 Å². The van der Waals surface area contributed by atoms with Crippen molar-refractivity contribution in [3.05, 3.63) is 35.4 Å². The maximum atomic E-state index is 13.1. The lowest BCUT2D eigenvalue weighted by Gasteiger charge is -2.23. The van der Waals surface area contributed by atoms with Gasteiger partial charge in [0.1, 0.15) is 0 Å². The van der Waals surface area contributed by atoms with Crippen molar-refractivity contribution in [1.82, 2.24) is 20.4 Å². The van der Waals surface area contributed by atoms with Crippen LogP contribution < -0.4 is 10.6 Å². The number of nitrogens with one attached hydrogen (secondary N) is 2. The number of unbranched alkanes of at least 4 members (excludes halogenated alkanes) is 20. The predicted molar refractivity (Wildman–Crippen MR) is 217 cm³/mol. The molecular formula is C44H82N4O2. The second-order valence-corrected chi connectivity index (χ2v) is 14.8. The fourth-order valence-corrected chi connectivity index (χ4v) is 6.79. The van der Waals surface area contributed by atoms with Crippen molar-refractivity contribution in [3.8, 4) is 0 Å². The molecule has 0 aliphatic carbocycles. The largest absolute Gasteiger partial charge is 0.351 e. The lowest BCUT2D eigenvalue weighted by molar-refractivity contribution is 0.0947. The highest BCUT2D eigenvalue weighted by Crippen LogP contribution is 2.11. The van der Waals surface area contributed by atoms with Gasteiger partial charge in [0, 0.05) is 37.3 Å². The smallest absolute Gasteiger partial charge is 0.251 e. The molecular weight excluding hydrogens is 617 g/mol. The molecule has 0 atom stereocenters. The highest BCUT2D eigenvalue weighted by atomic mass is 16.2. The number of hydrogen-bond acceptors (Lipinski definition) is 4. The molecule has 0 aliphatic rings. The van der Waals surface area contributed by atoms with Crippen molar-refractivity contribution in [2.45, 2.75) is 182 Å². The minimum absolute atomic E-state index is 0.0946. The molecule has 0 bridgehead atoms. The predicted octanol–water partition coefficient (Wildman–Crippen LogP) is 11.2. The lowest BCUT2D eigenvalue weighted by Crippen LogP contribution is -2.37. The summed E-state index contributed by atoms with van der Waals surface area (Å²) in [6.07, 6.45) is 31.3. The summed E-state index contributed by atoms with van der Waals surface area (Å²) in [5.74, 6) is -0.189. The van der Waals surface area contributed by atoms with Crippen molar-refractivity contribution in [3.63, 3.8) is 0 Å². The molecule has 290 valence electrons. The third-order valence-corrected chi connectivity index (χ3v) is 10.1. The molecule has 0 spiro atoms. The standard InChI is InChI=1S/C44H82N4O2/c1-5-9-13-17-21-25-34-47(35-26-22-18-14-10-6-2)38-32-45-43(49)41-30-29-31-42(40-41)44(50)46-33-39-48(36-27-23-19-15-11-7-3)37-28-24-20-16-12-8-4/h29-31,40H,5-28,32-39H2,1-4H3,(H,45,49)(H,46,50). The Morgan fingerprint density at radius 2 is 0.700 bits per heavy atom. The number of carbonyl (C=O) groups is 2. The molecule has 1 rings (SSSR count). The average Bonchev–Trinajstić information content (AvgIpc) is 3.13. The molecule has 6 nitrogen and oxygen atoms in total. The Balaban J connectivity index is 2.56. The van der Waals surface area contributed by atoms with Crippen LogP contribution in [-0.4, -0.2) is 74.0 Å². The normalized spacial score (nSPS) is 11.5. The molecule has 0 saturated carbocycles. The van der Waals surface area contributed by atoms with E-state index in [-0.39, 0.29) is 11.8 Å². The van der Waals surface area contributed by atoms with Gasteiger partial charge in [-0.15, -0.1) is 0 Å². The molecule has 1 aromatic carbocycles. The molecule has 1 aromatic rings. The molecule has 0 aliphatic heterocycles. The van der Waals surface area contributed by atoms with Gasteiger partial charge in [0.15, 0.2) is 0 Å². The zero-order valence-corrected chi connectivity index (χ0v) is 33.6. The van der Waals surface area contributed by atoms with Crippen molar-refractivity contribution in [2.75, 3.05) is 52.4 Å². The first-order valence-corrected chi connectivity index (χ1v) is 21.7. The molecule has 0 heterocycles.